The van der Waals surface area contributed by atoms with Crippen LogP contribution in [-0.4, -0.2) is 15.5 Å². The lowest BCUT2D eigenvalue weighted by molar-refractivity contribution is -0.118. The van der Waals surface area contributed by atoms with Crippen LogP contribution in [0.1, 0.15) is 13.0 Å². The fourth-order valence-corrected chi connectivity index (χ4v) is 2.70. The summed E-state index contributed by atoms with van der Waals surface area (Å²) in [5, 5.41) is 3.30. The summed E-state index contributed by atoms with van der Waals surface area (Å²) in [6.07, 6.45) is 1.41. The molecule has 6 heteroatoms. The van der Waals surface area contributed by atoms with Gasteiger partial charge in [0.15, 0.2) is 0 Å². The molecule has 1 N–H and O–H groups in total. The number of amides is 1. The molecule has 0 aliphatic carbocycles. The third-order valence-electron chi connectivity index (χ3n) is 3.58. The topological polar surface area (TPSA) is 64.0 Å². The lowest BCUT2D eigenvalue weighted by atomic mass is 10.2. The largest absolute Gasteiger partial charge is 0.324 e. The van der Waals surface area contributed by atoms with Gasteiger partial charge in [0.25, 0.3) is 5.56 Å². The van der Waals surface area contributed by atoms with Gasteiger partial charge >= 0.3 is 0 Å². The summed E-state index contributed by atoms with van der Waals surface area (Å²) >= 11 is 3.36. The van der Waals surface area contributed by atoms with Crippen LogP contribution in [0.3, 0.4) is 0 Å². The molecule has 23 heavy (non-hydrogen) atoms. The predicted molar refractivity (Wildman–Crippen MR) is 93.5 cm³/mol. The highest BCUT2D eigenvalue weighted by molar-refractivity contribution is 9.10. The van der Waals surface area contributed by atoms with Crippen molar-refractivity contribution in [3.05, 3.63) is 69.7 Å². The molecule has 116 valence electrons. The summed E-state index contributed by atoms with van der Waals surface area (Å²) in [6, 6.07) is 13.7. The number of rotatable bonds is 3. The molecule has 0 spiro atoms. The van der Waals surface area contributed by atoms with Crippen molar-refractivity contribution in [1.82, 2.24) is 9.55 Å². The van der Waals surface area contributed by atoms with Gasteiger partial charge in [0.05, 0.1) is 17.2 Å². The van der Waals surface area contributed by atoms with E-state index in [2.05, 4.69) is 26.2 Å². The van der Waals surface area contributed by atoms with Gasteiger partial charge in [-0.2, -0.15) is 0 Å². The molecule has 0 saturated carbocycles. The summed E-state index contributed by atoms with van der Waals surface area (Å²) in [6.45, 7) is 1.67. The lowest BCUT2D eigenvalue weighted by Gasteiger charge is -2.15. The number of hydrogen-bond donors (Lipinski definition) is 1. The first kappa shape index (κ1) is 15.4. The van der Waals surface area contributed by atoms with Crippen LogP contribution in [0.15, 0.2) is 64.1 Å². The van der Waals surface area contributed by atoms with Gasteiger partial charge in [0.2, 0.25) is 5.91 Å². The number of hydrogen-bond acceptors (Lipinski definition) is 3. The second-order valence-corrected chi connectivity index (χ2v) is 6.07. The van der Waals surface area contributed by atoms with E-state index < -0.39 is 6.04 Å². The summed E-state index contributed by atoms with van der Waals surface area (Å²) in [5.41, 5.74) is 1.05. The summed E-state index contributed by atoms with van der Waals surface area (Å²) in [4.78, 5) is 29.2. The molecule has 0 aliphatic rings. The van der Waals surface area contributed by atoms with E-state index >= 15 is 0 Å². The zero-order chi connectivity index (χ0) is 16.4. The van der Waals surface area contributed by atoms with Crippen molar-refractivity contribution in [2.45, 2.75) is 13.0 Å². The van der Waals surface area contributed by atoms with E-state index in [0.29, 0.717) is 16.6 Å². The van der Waals surface area contributed by atoms with Crippen LogP contribution in [0, 0.1) is 0 Å². The van der Waals surface area contributed by atoms with E-state index in [-0.39, 0.29) is 11.5 Å². The number of aromatic nitrogens is 2. The second kappa shape index (κ2) is 6.34. The van der Waals surface area contributed by atoms with E-state index in [0.717, 1.165) is 4.47 Å². The maximum Gasteiger partial charge on any atom is 0.261 e. The maximum atomic E-state index is 12.5. The Morgan fingerprint density at radius 2 is 2.00 bits per heavy atom. The third kappa shape index (κ3) is 3.17. The molecule has 1 amide bonds. The van der Waals surface area contributed by atoms with Gasteiger partial charge in [-0.25, -0.2) is 4.98 Å². The first-order valence-corrected chi connectivity index (χ1v) is 7.88. The number of benzene rings is 2. The van der Waals surface area contributed by atoms with Crippen LogP contribution in [0.25, 0.3) is 10.9 Å². The summed E-state index contributed by atoms with van der Waals surface area (Å²) in [7, 11) is 0. The van der Waals surface area contributed by atoms with Gasteiger partial charge in [-0.3, -0.25) is 14.2 Å². The molecule has 1 aromatic heterocycles. The molecule has 5 nitrogen and oxygen atoms in total. The highest BCUT2D eigenvalue weighted by atomic mass is 79.9. The van der Waals surface area contributed by atoms with Crippen molar-refractivity contribution >= 4 is 38.4 Å². The van der Waals surface area contributed by atoms with Gasteiger partial charge < -0.3 is 5.32 Å². The minimum atomic E-state index is -0.668. The van der Waals surface area contributed by atoms with Gasteiger partial charge in [-0.15, -0.1) is 0 Å². The Hall–Kier alpha value is -2.47. The van der Waals surface area contributed by atoms with Gasteiger partial charge in [0.1, 0.15) is 6.04 Å². The van der Waals surface area contributed by atoms with E-state index in [1.165, 1.54) is 10.9 Å². The Balaban J connectivity index is 1.90. The normalized spacial score (nSPS) is 12.1. The van der Waals surface area contributed by atoms with Crippen molar-refractivity contribution in [1.29, 1.82) is 0 Å². The van der Waals surface area contributed by atoms with Crippen LogP contribution in [0.5, 0.6) is 0 Å². The quantitative estimate of drug-likeness (QED) is 0.767. The van der Waals surface area contributed by atoms with Crippen LogP contribution < -0.4 is 10.9 Å². The van der Waals surface area contributed by atoms with Crippen molar-refractivity contribution < 1.29 is 4.79 Å². The summed E-state index contributed by atoms with van der Waals surface area (Å²) in [5.74, 6) is -0.276. The van der Waals surface area contributed by atoms with Crippen molar-refractivity contribution in [2.24, 2.45) is 0 Å². The van der Waals surface area contributed by atoms with Crippen molar-refractivity contribution in [3.8, 4) is 0 Å². The minimum absolute atomic E-state index is 0.229. The van der Waals surface area contributed by atoms with E-state index in [9.17, 15) is 9.59 Å². The zero-order valence-electron chi connectivity index (χ0n) is 12.4. The van der Waals surface area contributed by atoms with Crippen LogP contribution in [-0.2, 0) is 4.79 Å². The highest BCUT2D eigenvalue weighted by Gasteiger charge is 2.17. The summed E-state index contributed by atoms with van der Waals surface area (Å²) < 4.78 is 2.21. The molecule has 0 radical (unpaired) electrons. The first-order chi connectivity index (χ1) is 11.1. The Morgan fingerprint density at radius 3 is 2.78 bits per heavy atom. The number of para-hydroxylation sites is 1. The second-order valence-electron chi connectivity index (χ2n) is 5.15. The fraction of sp³-hybridized carbons (Fsp3) is 0.118. The van der Waals surface area contributed by atoms with Crippen LogP contribution in [0.4, 0.5) is 5.69 Å². The first-order valence-electron chi connectivity index (χ1n) is 7.08. The molecule has 1 unspecified atom stereocenters. The van der Waals surface area contributed by atoms with Crippen molar-refractivity contribution in [3.63, 3.8) is 0 Å². The van der Waals surface area contributed by atoms with Crippen molar-refractivity contribution in [2.75, 3.05) is 5.32 Å². The Morgan fingerprint density at radius 1 is 1.22 bits per heavy atom. The Bertz CT molecular complexity index is 936. The average molecular weight is 372 g/mol. The average Bonchev–Trinajstić information content (AvgIpc) is 2.55. The van der Waals surface area contributed by atoms with Crippen LogP contribution >= 0.6 is 15.9 Å². The lowest BCUT2D eigenvalue weighted by Crippen LogP contribution is -2.31. The number of nitrogens with zero attached hydrogens (tertiary/aromatic N) is 2. The molecular formula is C17H14BrN3O2. The van der Waals surface area contributed by atoms with Gasteiger partial charge in [-0.05, 0) is 37.3 Å². The Kier molecular flexibility index (Phi) is 4.25. The maximum absolute atomic E-state index is 12.5. The highest BCUT2D eigenvalue weighted by Crippen LogP contribution is 2.17. The number of halogens is 1. The molecule has 1 heterocycles. The molecular weight excluding hydrogens is 358 g/mol. The standard InChI is InChI=1S/C17H14BrN3O2/c1-11(16(22)20-13-6-4-5-12(18)9-13)21-10-19-15-8-3-2-7-14(15)17(21)23/h2-11H,1H3,(H,20,22). The monoisotopic (exact) mass is 371 g/mol. The number of fused-ring (bicyclic) bond motifs is 1. The predicted octanol–water partition coefficient (Wildman–Crippen LogP) is 3.36. The SMILES string of the molecule is CC(C(=O)Nc1cccc(Br)c1)n1cnc2ccccc2c1=O. The molecule has 2 aromatic carbocycles. The molecule has 0 bridgehead atoms. The molecule has 3 aromatic rings. The zero-order valence-corrected chi connectivity index (χ0v) is 13.9. The molecule has 0 aliphatic heterocycles. The smallest absolute Gasteiger partial charge is 0.261 e. The number of nitrogens with one attached hydrogen (secondary N) is 1. The molecule has 3 rings (SSSR count). The minimum Gasteiger partial charge on any atom is -0.324 e. The van der Waals surface area contributed by atoms with E-state index in [1.807, 2.05) is 18.2 Å². The van der Waals surface area contributed by atoms with E-state index in [1.54, 1.807) is 37.3 Å². The van der Waals surface area contributed by atoms with Gasteiger partial charge in [-0.1, -0.05) is 34.1 Å². The fourth-order valence-electron chi connectivity index (χ4n) is 2.30. The number of carbonyl (C=O) groups excluding carboxylic acids is 1. The Labute approximate surface area is 141 Å². The molecule has 1 atom stereocenters. The number of carbonyl (C=O) groups is 1. The van der Waals surface area contributed by atoms with Crippen LogP contribution in [0.2, 0.25) is 0 Å². The number of anilines is 1. The van der Waals surface area contributed by atoms with E-state index in [4.69, 9.17) is 0 Å². The van der Waals surface area contributed by atoms with Gasteiger partial charge in [0, 0.05) is 10.2 Å². The molecule has 0 saturated heterocycles. The third-order valence-corrected chi connectivity index (χ3v) is 4.07. The molecule has 0 fully saturated rings.